The molecule has 2 atom stereocenters. The highest BCUT2D eigenvalue weighted by molar-refractivity contribution is 6.09. The first-order valence-electron chi connectivity index (χ1n) is 11.6. The molecular formula is C28H29N5O2. The molecule has 0 fully saturated rings. The molecule has 2 N–H and O–H groups in total. The van der Waals surface area contributed by atoms with Crippen molar-refractivity contribution >= 4 is 17.3 Å². The van der Waals surface area contributed by atoms with Crippen molar-refractivity contribution in [3.05, 3.63) is 108 Å². The van der Waals surface area contributed by atoms with Crippen LogP contribution in [0.25, 0.3) is 0 Å². The maximum absolute atomic E-state index is 12.5. The number of carbonyl (C=O) groups is 1. The Morgan fingerprint density at radius 1 is 1.11 bits per heavy atom. The minimum atomic E-state index is -0.194. The molecule has 0 saturated carbocycles. The number of anilines is 1. The number of aliphatic imine (C=N–C) groups is 1. The first kappa shape index (κ1) is 23.9. The number of pyridine rings is 2. The van der Waals surface area contributed by atoms with Crippen LogP contribution < -0.4 is 15.4 Å². The molecule has 7 nitrogen and oxygen atoms in total. The molecule has 7 heteroatoms. The summed E-state index contributed by atoms with van der Waals surface area (Å²) in [5.41, 5.74) is 3.96. The highest BCUT2D eigenvalue weighted by Crippen LogP contribution is 2.22. The number of hydrogen-bond donors (Lipinski definition) is 2. The van der Waals surface area contributed by atoms with Gasteiger partial charge in [0.05, 0.1) is 30.6 Å². The Balaban J connectivity index is 1.54. The first-order chi connectivity index (χ1) is 17.0. The predicted molar refractivity (Wildman–Crippen MR) is 139 cm³/mol. The molecule has 35 heavy (non-hydrogen) atoms. The van der Waals surface area contributed by atoms with Crippen molar-refractivity contribution < 1.29 is 9.53 Å². The predicted octanol–water partition coefficient (Wildman–Crippen LogP) is 5.31. The molecule has 4 rings (SSSR count). The van der Waals surface area contributed by atoms with Gasteiger partial charge < -0.3 is 15.4 Å². The summed E-state index contributed by atoms with van der Waals surface area (Å²) in [5, 5.41) is 6.48. The van der Waals surface area contributed by atoms with Crippen molar-refractivity contribution in [3.8, 4) is 5.75 Å². The lowest BCUT2D eigenvalue weighted by Crippen LogP contribution is -2.20. The Labute approximate surface area is 205 Å². The van der Waals surface area contributed by atoms with E-state index >= 15 is 0 Å². The number of rotatable bonds is 7. The van der Waals surface area contributed by atoms with Crippen molar-refractivity contribution in [2.75, 3.05) is 12.4 Å². The van der Waals surface area contributed by atoms with Gasteiger partial charge in [0.1, 0.15) is 11.6 Å². The number of hydrogen-bond acceptors (Lipinski definition) is 6. The van der Waals surface area contributed by atoms with E-state index in [0.717, 1.165) is 34.8 Å². The third-order valence-electron chi connectivity index (χ3n) is 5.64. The van der Waals surface area contributed by atoms with Gasteiger partial charge in [-0.3, -0.25) is 14.8 Å². The summed E-state index contributed by atoms with van der Waals surface area (Å²) in [6, 6.07) is 13.2. The van der Waals surface area contributed by atoms with Crippen LogP contribution in [-0.2, 0) is 0 Å². The number of nitrogens with one attached hydrogen (secondary N) is 2. The highest BCUT2D eigenvalue weighted by atomic mass is 16.5. The number of amides is 1. The van der Waals surface area contributed by atoms with E-state index in [1.165, 1.54) is 0 Å². The summed E-state index contributed by atoms with van der Waals surface area (Å²) in [4.78, 5) is 25.7. The van der Waals surface area contributed by atoms with E-state index in [1.807, 2.05) is 36.4 Å². The molecular weight excluding hydrogens is 438 g/mol. The average molecular weight is 468 g/mol. The number of aromatic nitrogens is 2. The van der Waals surface area contributed by atoms with E-state index in [4.69, 9.17) is 9.73 Å². The minimum Gasteiger partial charge on any atom is -0.495 e. The monoisotopic (exact) mass is 467 g/mol. The van der Waals surface area contributed by atoms with E-state index in [-0.39, 0.29) is 11.9 Å². The Hall–Kier alpha value is -4.26. The number of ether oxygens (including phenoxy) is 1. The van der Waals surface area contributed by atoms with Crippen molar-refractivity contribution in [2.24, 2.45) is 10.9 Å². The lowest BCUT2D eigenvalue weighted by Gasteiger charge is -2.20. The zero-order valence-corrected chi connectivity index (χ0v) is 20.1. The standard InChI is InChI=1S/C28H29N5O2/c1-19-7-4-11-26(23-15-25(35-3)18-30-17-23)33-27(13-19)31-20(2)21-8-5-10-24(14-21)32-28(34)22-9-6-12-29-16-22/h4-6,8-20,31H,7H2,1-3H3,(H,32,34)/b11-4+,27-13-,33-26+/t19?,20-/m0/s1. The van der Waals surface area contributed by atoms with Gasteiger partial charge in [0, 0.05) is 29.8 Å². The summed E-state index contributed by atoms with van der Waals surface area (Å²) < 4.78 is 5.33. The van der Waals surface area contributed by atoms with Crippen molar-refractivity contribution in [3.63, 3.8) is 0 Å². The van der Waals surface area contributed by atoms with Gasteiger partial charge in [0.15, 0.2) is 0 Å². The summed E-state index contributed by atoms with van der Waals surface area (Å²) in [6.45, 7) is 4.24. The topological polar surface area (TPSA) is 88.5 Å². The van der Waals surface area contributed by atoms with E-state index in [1.54, 1.807) is 44.0 Å². The Kier molecular flexibility index (Phi) is 7.67. The maximum atomic E-state index is 12.5. The van der Waals surface area contributed by atoms with Crippen LogP contribution in [0.2, 0.25) is 0 Å². The molecule has 3 heterocycles. The van der Waals surface area contributed by atoms with Gasteiger partial charge in [-0.2, -0.15) is 0 Å². The molecule has 0 saturated heterocycles. The van der Waals surface area contributed by atoms with Crippen molar-refractivity contribution in [2.45, 2.75) is 26.3 Å². The van der Waals surface area contributed by atoms with Gasteiger partial charge in [0.2, 0.25) is 0 Å². The van der Waals surface area contributed by atoms with Gasteiger partial charge in [-0.05, 0) is 67.3 Å². The van der Waals surface area contributed by atoms with E-state index in [2.05, 4.69) is 46.6 Å². The van der Waals surface area contributed by atoms with Gasteiger partial charge in [-0.25, -0.2) is 4.99 Å². The van der Waals surface area contributed by atoms with Crippen LogP contribution in [0.1, 0.15) is 47.8 Å². The number of benzene rings is 1. The van der Waals surface area contributed by atoms with E-state index < -0.39 is 0 Å². The smallest absolute Gasteiger partial charge is 0.257 e. The highest BCUT2D eigenvalue weighted by Gasteiger charge is 2.13. The molecule has 1 unspecified atom stereocenters. The minimum absolute atomic E-state index is 0.0412. The number of allylic oxidation sites excluding steroid dienone is 3. The Morgan fingerprint density at radius 2 is 2.00 bits per heavy atom. The van der Waals surface area contributed by atoms with E-state index in [0.29, 0.717) is 17.2 Å². The largest absolute Gasteiger partial charge is 0.495 e. The lowest BCUT2D eigenvalue weighted by atomic mass is 10.0. The number of carbonyl (C=O) groups excluding carboxylic acids is 1. The molecule has 1 aliphatic rings. The number of methoxy groups -OCH3 is 1. The van der Waals surface area contributed by atoms with Gasteiger partial charge in [0.25, 0.3) is 5.91 Å². The SMILES string of the molecule is COc1cncc(C2=N/C(N[C@@H](C)c3cccc(NC(=O)c4cccnc4)c3)=C\C(C)C\C=C\2)c1. The van der Waals surface area contributed by atoms with Crippen molar-refractivity contribution in [1.82, 2.24) is 15.3 Å². The molecule has 0 spiro atoms. The van der Waals surface area contributed by atoms with Crippen LogP contribution in [0.5, 0.6) is 5.75 Å². The number of nitrogens with zero attached hydrogens (tertiary/aromatic N) is 3. The van der Waals surface area contributed by atoms with Crippen molar-refractivity contribution in [1.29, 1.82) is 0 Å². The molecule has 178 valence electrons. The zero-order chi connectivity index (χ0) is 24.6. The van der Waals surface area contributed by atoms with E-state index in [9.17, 15) is 4.79 Å². The fraction of sp³-hybridized carbons (Fsp3) is 0.214. The molecule has 2 aromatic heterocycles. The third-order valence-corrected chi connectivity index (χ3v) is 5.64. The van der Waals surface area contributed by atoms with Crippen LogP contribution in [0.15, 0.2) is 96.3 Å². The molecule has 0 aliphatic carbocycles. The lowest BCUT2D eigenvalue weighted by molar-refractivity contribution is 0.102. The second-order valence-corrected chi connectivity index (χ2v) is 8.47. The molecule has 1 aromatic carbocycles. The second-order valence-electron chi connectivity index (χ2n) is 8.47. The summed E-state index contributed by atoms with van der Waals surface area (Å²) in [5.74, 6) is 1.61. The van der Waals surface area contributed by atoms with Crippen LogP contribution in [0.4, 0.5) is 5.69 Å². The normalized spacial score (nSPS) is 20.1. The molecule has 0 bridgehead atoms. The van der Waals surface area contributed by atoms with Gasteiger partial charge in [-0.15, -0.1) is 0 Å². The maximum Gasteiger partial charge on any atom is 0.257 e. The third kappa shape index (κ3) is 6.41. The summed E-state index contributed by atoms with van der Waals surface area (Å²) >= 11 is 0. The summed E-state index contributed by atoms with van der Waals surface area (Å²) in [6.07, 6.45) is 13.9. The molecule has 0 radical (unpaired) electrons. The van der Waals surface area contributed by atoms with Crippen LogP contribution in [0.3, 0.4) is 0 Å². The van der Waals surface area contributed by atoms with Crippen LogP contribution in [0, 0.1) is 5.92 Å². The molecule has 1 aliphatic heterocycles. The fourth-order valence-corrected chi connectivity index (χ4v) is 3.74. The Morgan fingerprint density at radius 3 is 2.80 bits per heavy atom. The Bertz CT molecular complexity index is 1270. The molecule has 1 amide bonds. The fourth-order valence-electron chi connectivity index (χ4n) is 3.74. The van der Waals surface area contributed by atoms with Crippen LogP contribution >= 0.6 is 0 Å². The summed E-state index contributed by atoms with van der Waals surface area (Å²) in [7, 11) is 1.63. The van der Waals surface area contributed by atoms with Crippen LogP contribution in [-0.4, -0.2) is 28.7 Å². The van der Waals surface area contributed by atoms with Gasteiger partial charge in [-0.1, -0.05) is 25.1 Å². The van der Waals surface area contributed by atoms with Gasteiger partial charge >= 0.3 is 0 Å². The zero-order valence-electron chi connectivity index (χ0n) is 20.1. The molecule has 3 aromatic rings. The average Bonchev–Trinajstić information content (AvgIpc) is 2.87. The second kappa shape index (κ2) is 11.2. The first-order valence-corrected chi connectivity index (χ1v) is 11.6. The quantitative estimate of drug-likeness (QED) is 0.491.